The van der Waals surface area contributed by atoms with E-state index in [-0.39, 0.29) is 25.0 Å². The summed E-state index contributed by atoms with van der Waals surface area (Å²) in [7, 11) is 4.89. The van der Waals surface area contributed by atoms with E-state index in [2.05, 4.69) is 11.8 Å². The van der Waals surface area contributed by atoms with Crippen LogP contribution in [0.25, 0.3) is 0 Å². The van der Waals surface area contributed by atoms with Crippen molar-refractivity contribution in [1.29, 1.82) is 0 Å². The van der Waals surface area contributed by atoms with Gasteiger partial charge < -0.3 is 14.9 Å². The third-order valence-corrected chi connectivity index (χ3v) is 2.85. The van der Waals surface area contributed by atoms with Crippen LogP contribution in [0.5, 0.6) is 0 Å². The molecule has 0 spiro atoms. The first kappa shape index (κ1) is 16.7. The van der Waals surface area contributed by atoms with Crippen LogP contribution in [0.1, 0.15) is 21.5 Å². The lowest BCUT2D eigenvalue weighted by Gasteiger charge is -2.19. The van der Waals surface area contributed by atoms with E-state index in [4.69, 9.17) is 5.11 Å². The fourth-order valence-corrected chi connectivity index (χ4v) is 1.76. The molecule has 0 atom stereocenters. The smallest absolute Gasteiger partial charge is 0.254 e. The molecule has 0 aromatic heterocycles. The highest BCUT2D eigenvalue weighted by Gasteiger charge is 2.16. The lowest BCUT2D eigenvalue weighted by molar-refractivity contribution is -0.129. The van der Waals surface area contributed by atoms with Gasteiger partial charge in [0.05, 0.1) is 6.54 Å². The summed E-state index contributed by atoms with van der Waals surface area (Å²) in [5.74, 6) is 4.96. The second kappa shape index (κ2) is 7.46. The molecule has 1 rings (SSSR count). The Hall–Kier alpha value is -2.32. The number of hydrogen-bond acceptors (Lipinski definition) is 3. The molecule has 1 aromatic rings. The van der Waals surface area contributed by atoms with E-state index < -0.39 is 0 Å². The lowest BCUT2D eigenvalue weighted by Crippen LogP contribution is -2.37. The molecule has 112 valence electrons. The predicted octanol–water partition coefficient (Wildman–Crippen LogP) is 0.499. The highest BCUT2D eigenvalue weighted by Crippen LogP contribution is 2.11. The summed E-state index contributed by atoms with van der Waals surface area (Å²) in [6.45, 7) is 1.66. The summed E-state index contributed by atoms with van der Waals surface area (Å²) < 4.78 is 0. The van der Waals surface area contributed by atoms with Gasteiger partial charge in [0.15, 0.2) is 0 Å². The maximum atomic E-state index is 12.3. The number of aryl methyl sites for hydroxylation is 1. The first-order valence-corrected chi connectivity index (χ1v) is 6.52. The molecule has 0 aliphatic rings. The van der Waals surface area contributed by atoms with Gasteiger partial charge in [0.1, 0.15) is 6.61 Å². The molecule has 0 bridgehead atoms. The van der Waals surface area contributed by atoms with Gasteiger partial charge in [-0.05, 0) is 30.7 Å². The standard InChI is InChI=1S/C16H20N2O3/c1-12-8-13(6-5-7-19)10-14(9-12)16(21)18(4)11-15(20)17(2)3/h8-10,19H,7,11H2,1-4H3. The maximum Gasteiger partial charge on any atom is 0.254 e. The van der Waals surface area contributed by atoms with Gasteiger partial charge >= 0.3 is 0 Å². The molecule has 2 amide bonds. The van der Waals surface area contributed by atoms with Crippen LogP contribution >= 0.6 is 0 Å². The van der Waals surface area contributed by atoms with Crippen LogP contribution in [0, 0.1) is 18.8 Å². The number of amides is 2. The third-order valence-electron chi connectivity index (χ3n) is 2.85. The van der Waals surface area contributed by atoms with Crippen molar-refractivity contribution in [3.63, 3.8) is 0 Å². The average Bonchev–Trinajstić information content (AvgIpc) is 2.43. The van der Waals surface area contributed by atoms with Crippen molar-refractivity contribution < 1.29 is 14.7 Å². The number of likely N-dealkylation sites (N-methyl/N-ethyl adjacent to an activating group) is 2. The summed E-state index contributed by atoms with van der Waals surface area (Å²) >= 11 is 0. The normalized spacial score (nSPS) is 9.57. The molecule has 1 aromatic carbocycles. The largest absolute Gasteiger partial charge is 0.384 e. The van der Waals surface area contributed by atoms with Crippen LogP contribution in [-0.4, -0.2) is 61.0 Å². The zero-order chi connectivity index (χ0) is 16.0. The van der Waals surface area contributed by atoms with Crippen LogP contribution in [0.15, 0.2) is 18.2 Å². The summed E-state index contributed by atoms with van der Waals surface area (Å²) in [4.78, 5) is 26.8. The van der Waals surface area contributed by atoms with Gasteiger partial charge in [0, 0.05) is 32.3 Å². The Morgan fingerprint density at radius 1 is 1.19 bits per heavy atom. The molecule has 5 heteroatoms. The summed E-state index contributed by atoms with van der Waals surface area (Å²) in [5.41, 5.74) is 2.04. The molecule has 0 unspecified atom stereocenters. The van der Waals surface area contributed by atoms with Crippen LogP contribution in [0.2, 0.25) is 0 Å². The summed E-state index contributed by atoms with van der Waals surface area (Å²) in [6.07, 6.45) is 0. The molecule has 0 aliphatic heterocycles. The highest BCUT2D eigenvalue weighted by atomic mass is 16.2. The lowest BCUT2D eigenvalue weighted by atomic mass is 10.1. The average molecular weight is 288 g/mol. The van der Waals surface area contributed by atoms with Crippen molar-refractivity contribution in [2.75, 3.05) is 34.3 Å². The van der Waals surface area contributed by atoms with Gasteiger partial charge in [-0.2, -0.15) is 0 Å². The van der Waals surface area contributed by atoms with E-state index >= 15 is 0 Å². The van der Waals surface area contributed by atoms with Crippen molar-refractivity contribution in [1.82, 2.24) is 9.80 Å². The van der Waals surface area contributed by atoms with Gasteiger partial charge in [0.2, 0.25) is 5.91 Å². The zero-order valence-corrected chi connectivity index (χ0v) is 12.8. The van der Waals surface area contributed by atoms with Crippen LogP contribution in [-0.2, 0) is 4.79 Å². The molecule has 0 radical (unpaired) electrons. The molecule has 0 fully saturated rings. The Morgan fingerprint density at radius 2 is 1.86 bits per heavy atom. The Morgan fingerprint density at radius 3 is 2.43 bits per heavy atom. The van der Waals surface area contributed by atoms with Crippen LogP contribution in [0.3, 0.4) is 0 Å². The minimum Gasteiger partial charge on any atom is -0.384 e. The monoisotopic (exact) mass is 288 g/mol. The maximum absolute atomic E-state index is 12.3. The van der Waals surface area contributed by atoms with Gasteiger partial charge in [-0.1, -0.05) is 11.8 Å². The van der Waals surface area contributed by atoms with Crippen molar-refractivity contribution in [3.8, 4) is 11.8 Å². The number of aliphatic hydroxyl groups is 1. The molecular formula is C16H20N2O3. The molecule has 0 saturated heterocycles. The summed E-state index contributed by atoms with van der Waals surface area (Å²) in [6, 6.07) is 5.25. The van der Waals surface area contributed by atoms with Gasteiger partial charge in [-0.25, -0.2) is 0 Å². The van der Waals surface area contributed by atoms with Crippen molar-refractivity contribution in [3.05, 3.63) is 34.9 Å². The summed E-state index contributed by atoms with van der Waals surface area (Å²) in [5, 5.41) is 8.72. The Bertz CT molecular complexity index is 597. The van der Waals surface area contributed by atoms with Crippen LogP contribution < -0.4 is 0 Å². The van der Waals surface area contributed by atoms with Gasteiger partial charge in [-0.15, -0.1) is 0 Å². The molecule has 0 aliphatic carbocycles. The van der Waals surface area contributed by atoms with E-state index in [1.54, 1.807) is 33.3 Å². The van der Waals surface area contributed by atoms with E-state index in [1.165, 1.54) is 9.80 Å². The first-order chi connectivity index (χ1) is 9.85. The first-order valence-electron chi connectivity index (χ1n) is 6.52. The number of rotatable bonds is 3. The van der Waals surface area contributed by atoms with Crippen molar-refractivity contribution in [2.24, 2.45) is 0 Å². The number of benzene rings is 1. The van der Waals surface area contributed by atoms with Crippen molar-refractivity contribution in [2.45, 2.75) is 6.92 Å². The Kier molecular flexibility index (Phi) is 5.94. The number of hydrogen-bond donors (Lipinski definition) is 1. The molecule has 0 saturated carbocycles. The zero-order valence-electron chi connectivity index (χ0n) is 12.8. The number of nitrogens with zero attached hydrogens (tertiary/aromatic N) is 2. The minimum absolute atomic E-state index is 0.0252. The molecule has 21 heavy (non-hydrogen) atoms. The predicted molar refractivity (Wildman–Crippen MR) is 80.8 cm³/mol. The topological polar surface area (TPSA) is 60.9 Å². The Balaban J connectivity index is 2.96. The SMILES string of the molecule is Cc1cc(C#CCO)cc(C(=O)N(C)CC(=O)N(C)C)c1. The quantitative estimate of drug-likeness (QED) is 0.824. The molecule has 0 heterocycles. The van der Waals surface area contributed by atoms with Gasteiger partial charge in [0.25, 0.3) is 5.91 Å². The van der Waals surface area contributed by atoms with Crippen molar-refractivity contribution >= 4 is 11.8 Å². The number of carbonyl (C=O) groups is 2. The van der Waals surface area contributed by atoms with Gasteiger partial charge in [-0.3, -0.25) is 9.59 Å². The second-order valence-corrected chi connectivity index (χ2v) is 5.00. The fourth-order valence-electron chi connectivity index (χ4n) is 1.76. The van der Waals surface area contributed by atoms with Crippen LogP contribution in [0.4, 0.5) is 0 Å². The minimum atomic E-state index is -0.235. The fraction of sp³-hybridized carbons (Fsp3) is 0.375. The van der Waals surface area contributed by atoms with E-state index in [9.17, 15) is 9.59 Å². The number of aliphatic hydroxyl groups excluding tert-OH is 1. The van der Waals surface area contributed by atoms with E-state index in [0.29, 0.717) is 11.1 Å². The van der Waals surface area contributed by atoms with E-state index in [1.807, 2.05) is 13.0 Å². The third kappa shape index (κ3) is 4.93. The molecule has 5 nitrogen and oxygen atoms in total. The number of carbonyl (C=O) groups excluding carboxylic acids is 2. The van der Waals surface area contributed by atoms with E-state index in [0.717, 1.165) is 5.56 Å². The highest BCUT2D eigenvalue weighted by molar-refractivity contribution is 5.96. The molecular weight excluding hydrogens is 268 g/mol. The second-order valence-electron chi connectivity index (χ2n) is 5.00. The Labute approximate surface area is 125 Å². The molecule has 1 N–H and O–H groups in total.